The Morgan fingerprint density at radius 2 is 2.04 bits per heavy atom. The van der Waals surface area contributed by atoms with Crippen molar-refractivity contribution in [2.24, 2.45) is 0 Å². The van der Waals surface area contributed by atoms with E-state index in [1.54, 1.807) is 19.1 Å². The van der Waals surface area contributed by atoms with Crippen LogP contribution in [0.1, 0.15) is 24.1 Å². The number of rotatable bonds is 4. The van der Waals surface area contributed by atoms with Crippen molar-refractivity contribution < 1.29 is 23.8 Å². The largest absolute Gasteiger partial charge is 0.457 e. The van der Waals surface area contributed by atoms with Gasteiger partial charge in [-0.1, -0.05) is 34.1 Å². The van der Waals surface area contributed by atoms with E-state index in [9.17, 15) is 9.59 Å². The Hall–Kier alpha value is -3.00. The molecule has 0 bridgehead atoms. The van der Waals surface area contributed by atoms with Gasteiger partial charge in [0.15, 0.2) is 11.5 Å². The van der Waals surface area contributed by atoms with Gasteiger partial charge in [-0.15, -0.1) is 0 Å². The fourth-order valence-corrected chi connectivity index (χ4v) is 3.57. The van der Waals surface area contributed by atoms with Gasteiger partial charge in [0, 0.05) is 10.2 Å². The zero-order valence-corrected chi connectivity index (χ0v) is 16.5. The van der Waals surface area contributed by atoms with Crippen molar-refractivity contribution in [2.75, 3.05) is 6.79 Å². The van der Waals surface area contributed by atoms with E-state index in [-0.39, 0.29) is 19.4 Å². The molecule has 0 fully saturated rings. The summed E-state index contributed by atoms with van der Waals surface area (Å²) in [6.45, 7) is 1.94. The van der Waals surface area contributed by atoms with E-state index in [1.165, 1.54) is 0 Å². The molecule has 4 rings (SSSR count). The van der Waals surface area contributed by atoms with Crippen LogP contribution in [0.5, 0.6) is 11.5 Å². The molecule has 2 aliphatic heterocycles. The number of amides is 2. The van der Waals surface area contributed by atoms with Crippen LogP contribution in [0.4, 0.5) is 4.79 Å². The number of carbonyl (C=O) groups excluding carboxylic acids is 2. The minimum atomic E-state index is -0.601. The lowest BCUT2D eigenvalue weighted by Gasteiger charge is -2.28. The molecule has 2 heterocycles. The molecular weight excluding hydrogens is 428 g/mol. The van der Waals surface area contributed by atoms with Crippen LogP contribution >= 0.6 is 15.9 Å². The fraction of sp³-hybridized carbons (Fsp3) is 0.200. The zero-order valence-electron chi connectivity index (χ0n) is 15.0. The van der Waals surface area contributed by atoms with Crippen molar-refractivity contribution in [2.45, 2.75) is 19.6 Å². The molecule has 28 heavy (non-hydrogen) atoms. The fourth-order valence-electron chi connectivity index (χ4n) is 3.16. The minimum absolute atomic E-state index is 0.0748. The summed E-state index contributed by atoms with van der Waals surface area (Å²) < 4.78 is 17.0. The highest BCUT2D eigenvalue weighted by molar-refractivity contribution is 9.10. The summed E-state index contributed by atoms with van der Waals surface area (Å²) in [5.41, 5.74) is 2.38. The number of esters is 1. The highest BCUT2D eigenvalue weighted by atomic mass is 79.9. The number of hydrogen-bond acceptors (Lipinski definition) is 5. The summed E-state index contributed by atoms with van der Waals surface area (Å²) >= 11 is 3.42. The maximum Gasteiger partial charge on any atom is 0.338 e. The lowest BCUT2D eigenvalue weighted by Crippen LogP contribution is -2.45. The second-order valence-electron chi connectivity index (χ2n) is 6.39. The van der Waals surface area contributed by atoms with Gasteiger partial charge in [0.2, 0.25) is 6.79 Å². The van der Waals surface area contributed by atoms with Gasteiger partial charge in [-0.25, -0.2) is 9.59 Å². The van der Waals surface area contributed by atoms with E-state index in [1.807, 2.05) is 30.3 Å². The second-order valence-corrected chi connectivity index (χ2v) is 7.30. The Labute approximate surface area is 169 Å². The third-order valence-electron chi connectivity index (χ3n) is 4.48. The number of hydrogen-bond donors (Lipinski definition) is 2. The van der Waals surface area contributed by atoms with Crippen LogP contribution in [0.3, 0.4) is 0 Å². The van der Waals surface area contributed by atoms with E-state index < -0.39 is 12.0 Å². The number of urea groups is 1. The molecule has 2 amide bonds. The van der Waals surface area contributed by atoms with E-state index in [0.717, 1.165) is 15.6 Å². The minimum Gasteiger partial charge on any atom is -0.457 e. The summed E-state index contributed by atoms with van der Waals surface area (Å²) in [6, 6.07) is 11.8. The number of fused-ring (bicyclic) bond motifs is 1. The highest BCUT2D eigenvalue weighted by Gasteiger charge is 2.32. The van der Waals surface area contributed by atoms with Gasteiger partial charge in [-0.2, -0.15) is 0 Å². The average molecular weight is 445 g/mol. The van der Waals surface area contributed by atoms with Crippen molar-refractivity contribution in [1.82, 2.24) is 10.6 Å². The zero-order chi connectivity index (χ0) is 19.7. The van der Waals surface area contributed by atoms with Crippen molar-refractivity contribution in [3.05, 3.63) is 69.3 Å². The summed E-state index contributed by atoms with van der Waals surface area (Å²) in [6.07, 6.45) is 0. The highest BCUT2D eigenvalue weighted by Crippen LogP contribution is 2.33. The van der Waals surface area contributed by atoms with E-state index in [2.05, 4.69) is 26.6 Å². The van der Waals surface area contributed by atoms with Crippen LogP contribution in [0.15, 0.2) is 58.2 Å². The quantitative estimate of drug-likeness (QED) is 0.704. The van der Waals surface area contributed by atoms with Crippen LogP contribution in [0.2, 0.25) is 0 Å². The molecule has 8 heteroatoms. The molecule has 2 N–H and O–H groups in total. The maximum atomic E-state index is 12.9. The lowest BCUT2D eigenvalue weighted by atomic mass is 9.96. The summed E-state index contributed by atoms with van der Waals surface area (Å²) in [7, 11) is 0. The number of ether oxygens (including phenoxy) is 3. The van der Waals surface area contributed by atoms with Crippen LogP contribution in [-0.2, 0) is 16.1 Å². The first-order chi connectivity index (χ1) is 13.5. The molecule has 0 aromatic heterocycles. The molecule has 0 radical (unpaired) electrons. The smallest absolute Gasteiger partial charge is 0.338 e. The Balaban J connectivity index is 1.55. The molecule has 7 nitrogen and oxygen atoms in total. The molecule has 1 atom stereocenters. The monoisotopic (exact) mass is 444 g/mol. The van der Waals surface area contributed by atoms with Crippen molar-refractivity contribution in [1.29, 1.82) is 0 Å². The van der Waals surface area contributed by atoms with Gasteiger partial charge < -0.3 is 24.8 Å². The summed E-state index contributed by atoms with van der Waals surface area (Å²) in [4.78, 5) is 24.8. The van der Waals surface area contributed by atoms with Crippen LogP contribution in [0.25, 0.3) is 0 Å². The molecule has 0 saturated heterocycles. The number of halogens is 1. The van der Waals surface area contributed by atoms with Gasteiger partial charge in [0.1, 0.15) is 6.61 Å². The van der Waals surface area contributed by atoms with Gasteiger partial charge in [-0.3, -0.25) is 0 Å². The summed E-state index contributed by atoms with van der Waals surface area (Å²) in [5.74, 6) is 0.790. The van der Waals surface area contributed by atoms with E-state index >= 15 is 0 Å². The van der Waals surface area contributed by atoms with Gasteiger partial charge in [0.05, 0.1) is 11.6 Å². The topological polar surface area (TPSA) is 85.9 Å². The summed E-state index contributed by atoms with van der Waals surface area (Å²) in [5, 5.41) is 5.42. The Bertz CT molecular complexity index is 988. The van der Waals surface area contributed by atoms with Crippen LogP contribution < -0.4 is 20.1 Å². The molecule has 0 saturated carbocycles. The molecule has 0 aliphatic carbocycles. The molecule has 0 spiro atoms. The SMILES string of the molecule is CC1=C(C(=O)OCc2ccc3c(c2)OCO3)[C@H](c2cccc(Br)c2)NC(=O)N1. The van der Waals surface area contributed by atoms with Crippen LogP contribution in [0, 0.1) is 0 Å². The van der Waals surface area contributed by atoms with Gasteiger partial charge in [-0.05, 0) is 42.3 Å². The van der Waals surface area contributed by atoms with Gasteiger partial charge >= 0.3 is 12.0 Å². The number of allylic oxidation sites excluding steroid dienone is 1. The standard InChI is InChI=1S/C20H17BrN2O5/c1-11-17(18(23-20(25)22-11)13-3-2-4-14(21)8-13)19(24)26-9-12-5-6-15-16(7-12)28-10-27-15/h2-8,18H,9-10H2,1H3,(H2,22,23,25)/t18-/m0/s1. The molecule has 144 valence electrons. The number of benzene rings is 2. The molecular formula is C20H17BrN2O5. The third-order valence-corrected chi connectivity index (χ3v) is 4.97. The first-order valence-electron chi connectivity index (χ1n) is 8.60. The van der Waals surface area contributed by atoms with E-state index in [0.29, 0.717) is 22.8 Å². The normalized spacial score (nSPS) is 17.8. The number of carbonyl (C=O) groups is 2. The molecule has 0 unspecified atom stereocenters. The number of nitrogens with one attached hydrogen (secondary N) is 2. The van der Waals surface area contributed by atoms with E-state index in [4.69, 9.17) is 14.2 Å². The Morgan fingerprint density at radius 3 is 2.86 bits per heavy atom. The molecule has 2 aromatic rings. The molecule has 2 aliphatic rings. The third kappa shape index (κ3) is 3.68. The first-order valence-corrected chi connectivity index (χ1v) is 9.40. The average Bonchev–Trinajstić information content (AvgIpc) is 3.13. The first kappa shape index (κ1) is 18.4. The lowest BCUT2D eigenvalue weighted by molar-refractivity contribution is -0.140. The Kier molecular flexibility index (Phi) is 4.95. The predicted molar refractivity (Wildman–Crippen MR) is 104 cm³/mol. The van der Waals surface area contributed by atoms with Crippen molar-refractivity contribution in [3.63, 3.8) is 0 Å². The van der Waals surface area contributed by atoms with Crippen molar-refractivity contribution >= 4 is 27.9 Å². The predicted octanol–water partition coefficient (Wildman–Crippen LogP) is 3.55. The maximum absolute atomic E-state index is 12.9. The van der Waals surface area contributed by atoms with Crippen LogP contribution in [-0.4, -0.2) is 18.8 Å². The van der Waals surface area contributed by atoms with Gasteiger partial charge in [0.25, 0.3) is 0 Å². The molecule has 2 aromatic carbocycles. The second kappa shape index (κ2) is 7.55. The Morgan fingerprint density at radius 1 is 1.21 bits per heavy atom. The van der Waals surface area contributed by atoms with Crippen molar-refractivity contribution in [3.8, 4) is 11.5 Å².